The number of benzene rings is 2. The van der Waals surface area contributed by atoms with Gasteiger partial charge in [-0.2, -0.15) is 0 Å². The van der Waals surface area contributed by atoms with Crippen molar-refractivity contribution in [1.29, 1.82) is 0 Å². The molecule has 0 amide bonds. The number of pyridine rings is 1. The molecule has 0 saturated heterocycles. The van der Waals surface area contributed by atoms with Crippen molar-refractivity contribution in [3.8, 4) is 0 Å². The molecule has 2 aromatic heterocycles. The van der Waals surface area contributed by atoms with Crippen molar-refractivity contribution >= 4 is 23.1 Å². The number of nitrogens with one attached hydrogen (secondary N) is 1. The lowest BCUT2D eigenvalue weighted by Gasteiger charge is -2.24. The molecule has 8 heteroatoms. The highest BCUT2D eigenvalue weighted by molar-refractivity contribution is 5.74. The van der Waals surface area contributed by atoms with Gasteiger partial charge in [0, 0.05) is 19.3 Å². The summed E-state index contributed by atoms with van der Waals surface area (Å²) < 4.78 is 0. The van der Waals surface area contributed by atoms with Gasteiger partial charge < -0.3 is 10.2 Å². The molecule has 32 heavy (non-hydrogen) atoms. The molecule has 160 valence electrons. The molecule has 0 radical (unpaired) electrons. The molecule has 2 heterocycles. The van der Waals surface area contributed by atoms with Crippen LogP contribution in [0.15, 0.2) is 85.3 Å². The number of aryl methyl sites for hydroxylation is 1. The Morgan fingerprint density at radius 2 is 1.47 bits per heavy atom. The zero-order valence-corrected chi connectivity index (χ0v) is 17.5. The van der Waals surface area contributed by atoms with Crippen LogP contribution in [0.3, 0.4) is 0 Å². The van der Waals surface area contributed by atoms with E-state index in [4.69, 9.17) is 0 Å². The van der Waals surface area contributed by atoms with E-state index >= 15 is 0 Å². The average Bonchev–Trinajstić information content (AvgIpc) is 2.81. The van der Waals surface area contributed by atoms with Crippen molar-refractivity contribution < 1.29 is 4.92 Å². The van der Waals surface area contributed by atoms with E-state index in [2.05, 4.69) is 20.3 Å². The van der Waals surface area contributed by atoms with Gasteiger partial charge in [0.25, 0.3) is 0 Å². The van der Waals surface area contributed by atoms with Crippen LogP contribution in [0.5, 0.6) is 0 Å². The van der Waals surface area contributed by atoms with Crippen LogP contribution < -0.4 is 10.2 Å². The van der Waals surface area contributed by atoms with E-state index < -0.39 is 4.92 Å². The minimum atomic E-state index is -0.446. The Labute approximate surface area is 185 Å². The molecule has 0 spiro atoms. The highest BCUT2D eigenvalue weighted by atomic mass is 16.6. The Hall–Kier alpha value is -4.33. The van der Waals surface area contributed by atoms with E-state index in [1.807, 2.05) is 84.6 Å². The fourth-order valence-corrected chi connectivity index (χ4v) is 3.40. The second-order valence-corrected chi connectivity index (χ2v) is 7.27. The summed E-state index contributed by atoms with van der Waals surface area (Å²) in [5, 5.41) is 15.2. The number of hydrogen-bond acceptors (Lipinski definition) is 7. The fourth-order valence-electron chi connectivity index (χ4n) is 3.40. The monoisotopic (exact) mass is 426 g/mol. The molecule has 0 atom stereocenters. The van der Waals surface area contributed by atoms with Crippen molar-refractivity contribution in [3.05, 3.63) is 112 Å². The second-order valence-electron chi connectivity index (χ2n) is 7.27. The van der Waals surface area contributed by atoms with Crippen molar-refractivity contribution in [2.45, 2.75) is 20.0 Å². The van der Waals surface area contributed by atoms with Crippen LogP contribution in [0.2, 0.25) is 0 Å². The standard InChI is InChI=1S/C24H22N6O2/c1-18-9-8-14-25-22(18)28-23-21(30(31)32)24(27-17-26-23)29(15-19-10-4-2-5-11-19)16-20-12-6-3-7-13-20/h2-14,17H,15-16H2,1H3,(H,25,26,27,28). The predicted octanol–water partition coefficient (Wildman–Crippen LogP) is 5.04. The third-order valence-corrected chi connectivity index (χ3v) is 4.96. The van der Waals surface area contributed by atoms with Crippen LogP contribution >= 0.6 is 0 Å². The largest absolute Gasteiger partial charge is 0.353 e. The Kier molecular flexibility index (Phi) is 6.31. The molecule has 0 fully saturated rings. The first-order chi connectivity index (χ1) is 15.6. The number of nitro groups is 1. The van der Waals surface area contributed by atoms with Gasteiger partial charge in [0.05, 0.1) is 4.92 Å². The van der Waals surface area contributed by atoms with Gasteiger partial charge in [0.2, 0.25) is 11.6 Å². The summed E-state index contributed by atoms with van der Waals surface area (Å²) in [6.07, 6.45) is 2.96. The normalized spacial score (nSPS) is 10.5. The molecule has 0 saturated carbocycles. The van der Waals surface area contributed by atoms with E-state index in [1.165, 1.54) is 6.33 Å². The summed E-state index contributed by atoms with van der Waals surface area (Å²) in [7, 11) is 0. The summed E-state index contributed by atoms with van der Waals surface area (Å²) in [5.74, 6) is 0.861. The van der Waals surface area contributed by atoms with Crippen molar-refractivity contribution in [3.63, 3.8) is 0 Å². The zero-order chi connectivity index (χ0) is 22.3. The Bertz CT molecular complexity index is 1160. The lowest BCUT2D eigenvalue weighted by Crippen LogP contribution is -2.24. The predicted molar refractivity (Wildman–Crippen MR) is 124 cm³/mol. The summed E-state index contributed by atoms with van der Waals surface area (Å²) >= 11 is 0. The number of nitrogens with zero attached hydrogens (tertiary/aromatic N) is 5. The first-order valence-electron chi connectivity index (χ1n) is 10.1. The molecule has 0 bridgehead atoms. The summed E-state index contributed by atoms with van der Waals surface area (Å²) in [5.41, 5.74) is 2.70. The van der Waals surface area contributed by atoms with Gasteiger partial charge in [0.1, 0.15) is 12.1 Å². The van der Waals surface area contributed by atoms with Crippen LogP contribution in [0.4, 0.5) is 23.1 Å². The summed E-state index contributed by atoms with van der Waals surface area (Å²) in [4.78, 5) is 26.4. The summed E-state index contributed by atoms with van der Waals surface area (Å²) in [6, 6.07) is 23.3. The first kappa shape index (κ1) is 20.9. The fraction of sp³-hybridized carbons (Fsp3) is 0.125. The van der Waals surface area contributed by atoms with E-state index in [1.54, 1.807) is 6.20 Å². The molecule has 4 aromatic rings. The average molecular weight is 426 g/mol. The van der Waals surface area contributed by atoms with E-state index in [-0.39, 0.29) is 17.3 Å². The van der Waals surface area contributed by atoms with Crippen molar-refractivity contribution in [1.82, 2.24) is 15.0 Å². The van der Waals surface area contributed by atoms with Crippen LogP contribution in [0.25, 0.3) is 0 Å². The minimum absolute atomic E-state index is 0.105. The zero-order valence-electron chi connectivity index (χ0n) is 17.5. The quantitative estimate of drug-likeness (QED) is 0.311. The molecule has 1 N–H and O–H groups in total. The molecule has 0 unspecified atom stereocenters. The minimum Gasteiger partial charge on any atom is -0.342 e. The number of anilines is 3. The van der Waals surface area contributed by atoms with Crippen molar-refractivity contribution in [2.75, 3.05) is 10.2 Å². The van der Waals surface area contributed by atoms with Gasteiger partial charge in [-0.25, -0.2) is 15.0 Å². The van der Waals surface area contributed by atoms with Gasteiger partial charge in [0.15, 0.2) is 0 Å². The molecule has 0 aliphatic heterocycles. The van der Waals surface area contributed by atoms with Crippen LogP contribution in [-0.4, -0.2) is 19.9 Å². The first-order valence-corrected chi connectivity index (χ1v) is 10.1. The lowest BCUT2D eigenvalue weighted by molar-refractivity contribution is -0.383. The maximum atomic E-state index is 12.2. The third-order valence-electron chi connectivity index (χ3n) is 4.96. The Morgan fingerprint density at radius 1 is 0.844 bits per heavy atom. The molecule has 0 aliphatic rings. The Balaban J connectivity index is 1.77. The van der Waals surface area contributed by atoms with Gasteiger partial charge in [-0.05, 0) is 29.7 Å². The highest BCUT2D eigenvalue weighted by Crippen LogP contribution is 2.35. The third kappa shape index (κ3) is 4.86. The SMILES string of the molecule is Cc1cccnc1Nc1ncnc(N(Cc2ccccc2)Cc2ccccc2)c1[N+](=O)[O-]. The van der Waals surface area contributed by atoms with Gasteiger partial charge >= 0.3 is 5.69 Å². The van der Waals surface area contributed by atoms with E-state index in [0.29, 0.717) is 18.9 Å². The molecular weight excluding hydrogens is 404 g/mol. The molecule has 0 aliphatic carbocycles. The van der Waals surface area contributed by atoms with Gasteiger partial charge in [-0.15, -0.1) is 0 Å². The summed E-state index contributed by atoms with van der Waals surface area (Å²) in [6.45, 7) is 2.78. The van der Waals surface area contributed by atoms with Crippen LogP contribution in [0.1, 0.15) is 16.7 Å². The maximum Gasteiger partial charge on any atom is 0.353 e. The molecule has 2 aromatic carbocycles. The Morgan fingerprint density at radius 3 is 2.03 bits per heavy atom. The number of hydrogen-bond donors (Lipinski definition) is 1. The maximum absolute atomic E-state index is 12.2. The highest BCUT2D eigenvalue weighted by Gasteiger charge is 2.28. The molecule has 8 nitrogen and oxygen atoms in total. The van der Waals surface area contributed by atoms with Crippen LogP contribution in [0, 0.1) is 17.0 Å². The topological polar surface area (TPSA) is 97.1 Å². The number of rotatable bonds is 8. The van der Waals surface area contributed by atoms with Gasteiger partial charge in [-0.1, -0.05) is 66.7 Å². The van der Waals surface area contributed by atoms with Crippen LogP contribution in [-0.2, 0) is 13.1 Å². The molecule has 4 rings (SSSR count). The molecular formula is C24H22N6O2. The van der Waals surface area contributed by atoms with E-state index in [0.717, 1.165) is 16.7 Å². The second kappa shape index (κ2) is 9.65. The van der Waals surface area contributed by atoms with Gasteiger partial charge in [-0.3, -0.25) is 10.1 Å². The smallest absolute Gasteiger partial charge is 0.342 e. The van der Waals surface area contributed by atoms with Crippen molar-refractivity contribution in [2.24, 2.45) is 0 Å². The number of aromatic nitrogens is 3. The van der Waals surface area contributed by atoms with E-state index in [9.17, 15) is 10.1 Å². The lowest BCUT2D eigenvalue weighted by atomic mass is 10.1.